The van der Waals surface area contributed by atoms with Gasteiger partial charge < -0.3 is 23.6 Å². The second-order valence-corrected chi connectivity index (χ2v) is 7.77. The first-order chi connectivity index (χ1) is 12.9. The van der Waals surface area contributed by atoms with Gasteiger partial charge in [-0.25, -0.2) is 4.79 Å². The van der Waals surface area contributed by atoms with Crippen LogP contribution in [0.5, 0.6) is 11.5 Å². The molecule has 0 atom stereocenters. The average Bonchev–Trinajstić information content (AvgIpc) is 3.29. The van der Waals surface area contributed by atoms with Crippen LogP contribution in [0, 0.1) is 0 Å². The summed E-state index contributed by atoms with van der Waals surface area (Å²) in [6.07, 6.45) is 1.26. The van der Waals surface area contributed by atoms with Gasteiger partial charge in [-0.1, -0.05) is 5.16 Å². The Labute approximate surface area is 157 Å². The fourth-order valence-electron chi connectivity index (χ4n) is 3.19. The fraction of sp³-hybridized carbons (Fsp3) is 0.526. The first-order valence-electron chi connectivity index (χ1n) is 9.10. The highest BCUT2D eigenvalue weighted by molar-refractivity contribution is 5.68. The summed E-state index contributed by atoms with van der Waals surface area (Å²) in [6.45, 7) is 7.06. The van der Waals surface area contributed by atoms with E-state index in [-0.39, 0.29) is 18.8 Å². The number of carbonyl (C=O) groups excluding carboxylic acids is 1. The van der Waals surface area contributed by atoms with Crippen LogP contribution < -0.4 is 9.47 Å². The molecule has 3 heterocycles. The maximum Gasteiger partial charge on any atom is 0.410 e. The van der Waals surface area contributed by atoms with Gasteiger partial charge in [0.2, 0.25) is 18.5 Å². The lowest BCUT2D eigenvalue weighted by atomic mass is 9.97. The number of rotatable bonds is 2. The largest absolute Gasteiger partial charge is 0.454 e. The molecule has 8 heteroatoms. The number of hydrogen-bond acceptors (Lipinski definition) is 7. The summed E-state index contributed by atoms with van der Waals surface area (Å²) in [7, 11) is 0. The lowest BCUT2D eigenvalue weighted by Gasteiger charge is -2.32. The number of fused-ring (bicyclic) bond motifs is 1. The molecular weight excluding hydrogens is 350 g/mol. The summed E-state index contributed by atoms with van der Waals surface area (Å²) >= 11 is 0. The minimum atomic E-state index is -0.486. The Hall–Kier alpha value is -2.77. The Kier molecular flexibility index (Phi) is 4.41. The van der Waals surface area contributed by atoms with Crippen LogP contribution in [0.15, 0.2) is 22.7 Å². The van der Waals surface area contributed by atoms with Crippen molar-refractivity contribution in [2.24, 2.45) is 0 Å². The maximum atomic E-state index is 12.2. The fourth-order valence-corrected chi connectivity index (χ4v) is 3.19. The molecule has 0 saturated carbocycles. The number of piperidine rings is 1. The van der Waals surface area contributed by atoms with Gasteiger partial charge in [0.1, 0.15) is 5.60 Å². The summed E-state index contributed by atoms with van der Waals surface area (Å²) in [6, 6.07) is 5.57. The molecule has 1 aromatic carbocycles. The van der Waals surface area contributed by atoms with Crippen molar-refractivity contribution in [3.05, 3.63) is 24.1 Å². The van der Waals surface area contributed by atoms with Crippen molar-refractivity contribution in [3.8, 4) is 22.9 Å². The monoisotopic (exact) mass is 373 g/mol. The number of likely N-dealkylation sites (tertiary alicyclic amines) is 1. The third-order valence-electron chi connectivity index (χ3n) is 4.57. The van der Waals surface area contributed by atoms with E-state index in [4.69, 9.17) is 18.7 Å². The number of nitrogens with zero attached hydrogens (tertiary/aromatic N) is 3. The van der Waals surface area contributed by atoms with Gasteiger partial charge in [0.05, 0.1) is 0 Å². The summed E-state index contributed by atoms with van der Waals surface area (Å²) in [5.74, 6) is 2.67. The molecule has 2 aliphatic rings. The number of carbonyl (C=O) groups is 1. The molecule has 27 heavy (non-hydrogen) atoms. The average molecular weight is 373 g/mol. The van der Waals surface area contributed by atoms with Gasteiger partial charge in [0.25, 0.3) is 0 Å². The lowest BCUT2D eigenvalue weighted by Crippen LogP contribution is -2.41. The molecule has 2 aromatic rings. The van der Waals surface area contributed by atoms with Gasteiger partial charge in [-0.3, -0.25) is 0 Å². The van der Waals surface area contributed by atoms with Crippen LogP contribution >= 0.6 is 0 Å². The molecule has 1 fully saturated rings. The van der Waals surface area contributed by atoms with E-state index < -0.39 is 5.60 Å². The molecule has 0 radical (unpaired) electrons. The van der Waals surface area contributed by atoms with Crippen LogP contribution in [-0.4, -0.2) is 46.6 Å². The zero-order valence-corrected chi connectivity index (χ0v) is 15.7. The number of benzene rings is 1. The van der Waals surface area contributed by atoms with Gasteiger partial charge in [0, 0.05) is 24.6 Å². The molecule has 0 aliphatic carbocycles. The molecule has 8 nitrogen and oxygen atoms in total. The van der Waals surface area contributed by atoms with Crippen LogP contribution in [0.3, 0.4) is 0 Å². The van der Waals surface area contributed by atoms with Crippen LogP contribution in [0.4, 0.5) is 4.79 Å². The molecule has 0 N–H and O–H groups in total. The molecular formula is C19H23N3O5. The van der Waals surface area contributed by atoms with Crippen molar-refractivity contribution >= 4 is 6.09 Å². The summed E-state index contributed by atoms with van der Waals surface area (Å²) < 4.78 is 21.6. The van der Waals surface area contributed by atoms with Crippen LogP contribution in [0.25, 0.3) is 11.4 Å². The van der Waals surface area contributed by atoms with Gasteiger partial charge in [-0.2, -0.15) is 4.98 Å². The van der Waals surface area contributed by atoms with E-state index in [1.807, 2.05) is 39.0 Å². The van der Waals surface area contributed by atoms with Crippen LogP contribution in [-0.2, 0) is 4.74 Å². The molecule has 144 valence electrons. The van der Waals surface area contributed by atoms with E-state index in [2.05, 4.69) is 10.1 Å². The van der Waals surface area contributed by atoms with Crippen molar-refractivity contribution in [1.29, 1.82) is 0 Å². The minimum absolute atomic E-state index is 0.138. The third kappa shape index (κ3) is 3.84. The van der Waals surface area contributed by atoms with Gasteiger partial charge >= 0.3 is 6.09 Å². The van der Waals surface area contributed by atoms with Gasteiger partial charge in [-0.15, -0.1) is 0 Å². The molecule has 4 rings (SSSR count). The molecule has 2 aliphatic heterocycles. The topological polar surface area (TPSA) is 86.9 Å². The Bertz CT molecular complexity index is 834. The number of aromatic nitrogens is 2. The second kappa shape index (κ2) is 6.75. The highest BCUT2D eigenvalue weighted by Gasteiger charge is 2.30. The number of ether oxygens (including phenoxy) is 3. The van der Waals surface area contributed by atoms with E-state index in [1.54, 1.807) is 4.90 Å². The quantitative estimate of drug-likeness (QED) is 0.795. The van der Waals surface area contributed by atoms with Gasteiger partial charge in [-0.05, 0) is 51.8 Å². The molecule has 0 bridgehead atoms. The van der Waals surface area contributed by atoms with Gasteiger partial charge in [0.15, 0.2) is 11.5 Å². The summed E-state index contributed by atoms with van der Waals surface area (Å²) in [5.41, 5.74) is 0.334. The SMILES string of the molecule is CC(C)(C)OC(=O)N1CCC(c2nc(-c3ccc4c(c3)OCO4)no2)CC1. The first-order valence-corrected chi connectivity index (χ1v) is 9.10. The van der Waals surface area contributed by atoms with Crippen molar-refractivity contribution < 1.29 is 23.5 Å². The number of hydrogen-bond donors (Lipinski definition) is 0. The minimum Gasteiger partial charge on any atom is -0.454 e. The zero-order chi connectivity index (χ0) is 19.0. The molecule has 1 aromatic heterocycles. The van der Waals surface area contributed by atoms with E-state index in [9.17, 15) is 4.79 Å². The molecule has 1 saturated heterocycles. The van der Waals surface area contributed by atoms with Crippen LogP contribution in [0.1, 0.15) is 45.4 Å². The normalized spacial score (nSPS) is 17.2. The standard InChI is InChI=1S/C19H23N3O5/c1-19(2,3)26-18(23)22-8-6-12(7-9-22)17-20-16(21-27-17)13-4-5-14-15(10-13)25-11-24-14/h4-5,10,12H,6-9,11H2,1-3H3. The van der Waals surface area contributed by atoms with Crippen molar-refractivity contribution in [2.45, 2.75) is 45.1 Å². The van der Waals surface area contributed by atoms with E-state index >= 15 is 0 Å². The maximum absolute atomic E-state index is 12.2. The Balaban J connectivity index is 1.39. The van der Waals surface area contributed by atoms with Crippen molar-refractivity contribution in [3.63, 3.8) is 0 Å². The Morgan fingerprint density at radius 3 is 2.67 bits per heavy atom. The summed E-state index contributed by atoms with van der Waals surface area (Å²) in [4.78, 5) is 18.5. The smallest absolute Gasteiger partial charge is 0.410 e. The predicted molar refractivity (Wildman–Crippen MR) is 95.6 cm³/mol. The molecule has 0 unspecified atom stereocenters. The molecule has 0 spiro atoms. The van der Waals surface area contributed by atoms with Crippen LogP contribution in [0.2, 0.25) is 0 Å². The first kappa shape index (κ1) is 17.6. The Morgan fingerprint density at radius 2 is 1.93 bits per heavy atom. The zero-order valence-electron chi connectivity index (χ0n) is 15.7. The highest BCUT2D eigenvalue weighted by atomic mass is 16.7. The van der Waals surface area contributed by atoms with Crippen molar-refractivity contribution in [1.82, 2.24) is 15.0 Å². The van der Waals surface area contributed by atoms with E-state index in [1.165, 1.54) is 0 Å². The summed E-state index contributed by atoms with van der Waals surface area (Å²) in [5, 5.41) is 4.10. The Morgan fingerprint density at radius 1 is 1.19 bits per heavy atom. The molecule has 1 amide bonds. The highest BCUT2D eigenvalue weighted by Crippen LogP contribution is 2.36. The predicted octanol–water partition coefficient (Wildman–Crippen LogP) is 3.58. The second-order valence-electron chi connectivity index (χ2n) is 7.77. The third-order valence-corrected chi connectivity index (χ3v) is 4.57. The number of amides is 1. The van der Waals surface area contributed by atoms with E-state index in [0.29, 0.717) is 30.6 Å². The lowest BCUT2D eigenvalue weighted by molar-refractivity contribution is 0.0198. The van der Waals surface area contributed by atoms with E-state index in [0.717, 1.165) is 24.2 Å². The van der Waals surface area contributed by atoms with Crippen molar-refractivity contribution in [2.75, 3.05) is 19.9 Å².